The van der Waals surface area contributed by atoms with Crippen LogP contribution in [-0.4, -0.2) is 18.2 Å². The van der Waals surface area contributed by atoms with Crippen molar-refractivity contribution in [1.82, 2.24) is 0 Å². The quantitative estimate of drug-likeness (QED) is 0.623. The molecule has 2 aromatic rings. The van der Waals surface area contributed by atoms with E-state index in [2.05, 4.69) is 15.9 Å². The third kappa shape index (κ3) is 4.99. The van der Waals surface area contributed by atoms with E-state index >= 15 is 0 Å². The summed E-state index contributed by atoms with van der Waals surface area (Å²) in [5.74, 6) is 0.746. The zero-order chi connectivity index (χ0) is 15.2. The van der Waals surface area contributed by atoms with Crippen LogP contribution < -0.4 is 15.2 Å². The van der Waals surface area contributed by atoms with Crippen molar-refractivity contribution in [3.63, 3.8) is 0 Å². The lowest BCUT2D eigenvalue weighted by Crippen LogP contribution is -2.11. The Morgan fingerprint density at radius 1 is 1.10 bits per heavy atom. The summed E-state index contributed by atoms with van der Waals surface area (Å²) in [6, 6.07) is 11.6. The zero-order valence-electron chi connectivity index (χ0n) is 11.0. The van der Waals surface area contributed by atoms with Gasteiger partial charge in [-0.1, -0.05) is 40.3 Å². The van der Waals surface area contributed by atoms with Crippen LogP contribution in [0.25, 0.3) is 0 Å². The van der Waals surface area contributed by atoms with Crippen LogP contribution in [0.2, 0.25) is 0 Å². The highest BCUT2D eigenvalue weighted by Crippen LogP contribution is 2.20. The maximum Gasteiger partial charge on any atom is 0.128 e. The molecule has 2 aromatic carbocycles. The maximum absolute atomic E-state index is 13.2. The van der Waals surface area contributed by atoms with E-state index in [-0.39, 0.29) is 5.82 Å². The number of rotatable bonds is 6. The average molecular weight is 370 g/mol. The van der Waals surface area contributed by atoms with Gasteiger partial charge in [-0.2, -0.15) is 0 Å². The fourth-order valence-corrected chi connectivity index (χ4v) is 2.24. The molecule has 0 atom stereocenters. The van der Waals surface area contributed by atoms with Gasteiger partial charge in [0.15, 0.2) is 0 Å². The Hall–Kier alpha value is -1.66. The number of thiocarbonyl (C=S) groups is 1. The molecule has 0 aliphatic carbocycles. The summed E-state index contributed by atoms with van der Waals surface area (Å²) in [4.78, 5) is 0.321. The summed E-state index contributed by atoms with van der Waals surface area (Å²) >= 11 is 8.11. The summed E-state index contributed by atoms with van der Waals surface area (Å²) < 4.78 is 24.7. The summed E-state index contributed by atoms with van der Waals surface area (Å²) in [6.07, 6.45) is 0. The van der Waals surface area contributed by atoms with Crippen molar-refractivity contribution in [1.29, 1.82) is 0 Å². The van der Waals surface area contributed by atoms with Gasteiger partial charge < -0.3 is 15.2 Å². The van der Waals surface area contributed by atoms with Crippen LogP contribution >= 0.6 is 28.1 Å². The number of ether oxygens (including phenoxy) is 2. The Kier molecular flexibility index (Phi) is 5.52. The Bertz CT molecular complexity index is 631. The van der Waals surface area contributed by atoms with Gasteiger partial charge in [-0.05, 0) is 24.3 Å². The van der Waals surface area contributed by atoms with E-state index in [9.17, 15) is 4.39 Å². The van der Waals surface area contributed by atoms with Crippen molar-refractivity contribution in [2.75, 3.05) is 13.2 Å². The molecule has 2 rings (SSSR count). The summed E-state index contributed by atoms with van der Waals surface area (Å²) in [7, 11) is 0. The van der Waals surface area contributed by atoms with Gasteiger partial charge in [-0.25, -0.2) is 4.39 Å². The number of hydrogen-bond donors (Lipinski definition) is 1. The van der Waals surface area contributed by atoms with Gasteiger partial charge >= 0.3 is 0 Å². The molecule has 0 amide bonds. The minimum atomic E-state index is -0.357. The molecular formula is C15H13BrFNO2S. The van der Waals surface area contributed by atoms with Crippen LogP contribution in [-0.2, 0) is 0 Å². The largest absolute Gasteiger partial charge is 0.490 e. The monoisotopic (exact) mass is 369 g/mol. The van der Waals surface area contributed by atoms with E-state index in [1.54, 1.807) is 18.2 Å². The van der Waals surface area contributed by atoms with Gasteiger partial charge in [-0.15, -0.1) is 0 Å². The molecule has 0 spiro atoms. The van der Waals surface area contributed by atoms with Gasteiger partial charge in [0.1, 0.15) is 35.5 Å². The standard InChI is InChI=1S/C15H13BrFNO2S/c16-11-7-12(17)9-14(8-11)20-5-4-19-13-3-1-2-10(6-13)15(18)21/h1-3,6-9H,4-5H2,(H2,18,21). The predicted octanol–water partition coefficient (Wildman–Crippen LogP) is 3.68. The summed E-state index contributed by atoms with van der Waals surface area (Å²) in [5, 5.41) is 0. The van der Waals surface area contributed by atoms with Gasteiger partial charge in [-0.3, -0.25) is 0 Å². The molecular weight excluding hydrogens is 357 g/mol. The van der Waals surface area contributed by atoms with Gasteiger partial charge in [0.25, 0.3) is 0 Å². The molecule has 0 saturated carbocycles. The highest BCUT2D eigenvalue weighted by atomic mass is 79.9. The molecule has 0 bridgehead atoms. The topological polar surface area (TPSA) is 44.5 Å². The van der Waals surface area contributed by atoms with E-state index in [0.717, 1.165) is 5.56 Å². The summed E-state index contributed by atoms with van der Waals surface area (Å²) in [6.45, 7) is 0.627. The molecule has 21 heavy (non-hydrogen) atoms. The van der Waals surface area contributed by atoms with Crippen molar-refractivity contribution in [2.24, 2.45) is 5.73 Å². The van der Waals surface area contributed by atoms with Gasteiger partial charge in [0, 0.05) is 16.1 Å². The first-order valence-electron chi connectivity index (χ1n) is 6.16. The molecule has 0 fully saturated rings. The number of nitrogens with two attached hydrogens (primary N) is 1. The van der Waals surface area contributed by atoms with Crippen LogP contribution in [0.1, 0.15) is 5.56 Å². The Morgan fingerprint density at radius 3 is 2.48 bits per heavy atom. The van der Waals surface area contributed by atoms with Gasteiger partial charge in [0.2, 0.25) is 0 Å². The fourth-order valence-electron chi connectivity index (χ4n) is 1.67. The predicted molar refractivity (Wildman–Crippen MR) is 87.4 cm³/mol. The average Bonchev–Trinajstić information content (AvgIpc) is 2.43. The first-order valence-corrected chi connectivity index (χ1v) is 7.36. The van der Waals surface area contributed by atoms with E-state index in [1.165, 1.54) is 12.1 Å². The third-order valence-corrected chi connectivity index (χ3v) is 3.27. The third-order valence-electron chi connectivity index (χ3n) is 2.58. The highest BCUT2D eigenvalue weighted by molar-refractivity contribution is 9.10. The van der Waals surface area contributed by atoms with Crippen molar-refractivity contribution >= 4 is 33.1 Å². The van der Waals surface area contributed by atoms with Crippen LogP contribution in [0, 0.1) is 5.82 Å². The zero-order valence-corrected chi connectivity index (χ0v) is 13.4. The van der Waals surface area contributed by atoms with Crippen LogP contribution in [0.15, 0.2) is 46.9 Å². The highest BCUT2D eigenvalue weighted by Gasteiger charge is 2.02. The second-order valence-corrected chi connectivity index (χ2v) is 5.55. The molecule has 0 radical (unpaired) electrons. The van der Waals surface area contributed by atoms with Crippen LogP contribution in [0.5, 0.6) is 11.5 Å². The molecule has 0 aliphatic rings. The van der Waals surface area contributed by atoms with Gasteiger partial charge in [0.05, 0.1) is 0 Å². The molecule has 2 N–H and O–H groups in total. The van der Waals surface area contributed by atoms with Crippen molar-refractivity contribution in [3.8, 4) is 11.5 Å². The molecule has 110 valence electrons. The van der Waals surface area contributed by atoms with E-state index in [4.69, 9.17) is 27.4 Å². The number of benzene rings is 2. The Labute approximate surface area is 136 Å². The van der Waals surface area contributed by atoms with Crippen LogP contribution in [0.3, 0.4) is 0 Å². The Balaban J connectivity index is 1.84. The second-order valence-electron chi connectivity index (χ2n) is 4.19. The molecule has 0 aromatic heterocycles. The smallest absolute Gasteiger partial charge is 0.128 e. The second kappa shape index (κ2) is 7.38. The fraction of sp³-hybridized carbons (Fsp3) is 0.133. The molecule has 0 aliphatic heterocycles. The van der Waals surface area contributed by atoms with E-state index in [1.807, 2.05) is 12.1 Å². The lowest BCUT2D eigenvalue weighted by atomic mass is 10.2. The number of halogens is 2. The molecule has 0 heterocycles. The molecule has 3 nitrogen and oxygen atoms in total. The van der Waals surface area contributed by atoms with E-state index in [0.29, 0.717) is 34.2 Å². The first kappa shape index (κ1) is 15.7. The van der Waals surface area contributed by atoms with Crippen molar-refractivity contribution in [2.45, 2.75) is 0 Å². The SMILES string of the molecule is NC(=S)c1cccc(OCCOc2cc(F)cc(Br)c2)c1. The lowest BCUT2D eigenvalue weighted by molar-refractivity contribution is 0.216. The normalized spacial score (nSPS) is 10.2. The molecule has 0 unspecified atom stereocenters. The molecule has 0 saturated heterocycles. The molecule has 6 heteroatoms. The van der Waals surface area contributed by atoms with Crippen molar-refractivity contribution in [3.05, 3.63) is 58.3 Å². The lowest BCUT2D eigenvalue weighted by Gasteiger charge is -2.09. The van der Waals surface area contributed by atoms with Crippen molar-refractivity contribution < 1.29 is 13.9 Å². The summed E-state index contributed by atoms with van der Waals surface area (Å²) in [5.41, 5.74) is 6.30. The first-order chi connectivity index (χ1) is 10.0. The van der Waals surface area contributed by atoms with Crippen LogP contribution in [0.4, 0.5) is 4.39 Å². The maximum atomic E-state index is 13.2. The minimum Gasteiger partial charge on any atom is -0.490 e. The minimum absolute atomic E-state index is 0.299. The van der Waals surface area contributed by atoms with E-state index < -0.39 is 0 Å². The Morgan fingerprint density at radius 2 is 1.81 bits per heavy atom. The number of hydrogen-bond acceptors (Lipinski definition) is 3.